The maximum absolute atomic E-state index is 13.1. The van der Waals surface area contributed by atoms with Crippen LogP contribution in [0.1, 0.15) is 10.4 Å². The number of ether oxygens (including phenoxy) is 2. The minimum Gasteiger partial charge on any atom is -0.468 e. The van der Waals surface area contributed by atoms with E-state index in [1.54, 1.807) is 12.1 Å². The van der Waals surface area contributed by atoms with Crippen molar-refractivity contribution in [3.8, 4) is 0 Å². The van der Waals surface area contributed by atoms with Crippen LogP contribution in [-0.4, -0.2) is 47.4 Å². The van der Waals surface area contributed by atoms with Gasteiger partial charge in [-0.2, -0.15) is 0 Å². The van der Waals surface area contributed by atoms with E-state index in [1.165, 1.54) is 62.4 Å². The van der Waals surface area contributed by atoms with E-state index < -0.39 is 28.5 Å². The Bertz CT molecular complexity index is 908. The van der Waals surface area contributed by atoms with Gasteiger partial charge in [0, 0.05) is 4.90 Å². The molecule has 0 atom stereocenters. The number of anilines is 1. The topological polar surface area (TPSA) is 90.0 Å². The van der Waals surface area contributed by atoms with Crippen LogP contribution in [0, 0.1) is 0 Å². The van der Waals surface area contributed by atoms with Crippen molar-refractivity contribution in [3.05, 3.63) is 54.1 Å². The average Bonchev–Trinajstić information content (AvgIpc) is 2.71. The maximum atomic E-state index is 13.1. The number of thioether (sulfide) groups is 1. The lowest BCUT2D eigenvalue weighted by molar-refractivity contribution is -0.138. The Hall–Kier alpha value is -2.52. The highest BCUT2D eigenvalue weighted by atomic mass is 32.2. The second-order valence-corrected chi connectivity index (χ2v) is 8.04. The third-order valence-electron chi connectivity index (χ3n) is 3.72. The number of rotatable bonds is 7. The maximum Gasteiger partial charge on any atom is 0.337 e. The third-order valence-corrected chi connectivity index (χ3v) is 6.26. The molecule has 0 unspecified atom stereocenters. The Morgan fingerprint density at radius 3 is 2.04 bits per heavy atom. The Balaban J connectivity index is 2.46. The SMILES string of the molecule is COC(=O)CN(c1ccc(C(=O)OC)cc1)S(=O)(=O)c1ccc(SC)cc1. The molecule has 0 saturated carbocycles. The molecule has 9 heteroatoms. The fraction of sp³-hybridized carbons (Fsp3) is 0.222. The summed E-state index contributed by atoms with van der Waals surface area (Å²) in [5.74, 6) is -1.26. The fourth-order valence-corrected chi connectivity index (χ4v) is 4.07. The van der Waals surface area contributed by atoms with E-state index in [1.807, 2.05) is 6.26 Å². The normalized spacial score (nSPS) is 10.9. The van der Waals surface area contributed by atoms with Crippen molar-refractivity contribution in [1.82, 2.24) is 0 Å². The molecule has 7 nitrogen and oxygen atoms in total. The largest absolute Gasteiger partial charge is 0.468 e. The highest BCUT2D eigenvalue weighted by Gasteiger charge is 2.27. The highest BCUT2D eigenvalue weighted by Crippen LogP contribution is 2.26. The summed E-state index contributed by atoms with van der Waals surface area (Å²) in [5, 5.41) is 0. The monoisotopic (exact) mass is 409 g/mol. The van der Waals surface area contributed by atoms with E-state index in [0.717, 1.165) is 9.20 Å². The number of benzene rings is 2. The molecular formula is C18H19NO6S2. The number of carbonyl (C=O) groups excluding carboxylic acids is 2. The van der Waals surface area contributed by atoms with Crippen LogP contribution in [0.3, 0.4) is 0 Å². The Morgan fingerprint density at radius 2 is 1.56 bits per heavy atom. The second-order valence-electron chi connectivity index (χ2n) is 5.30. The summed E-state index contributed by atoms with van der Waals surface area (Å²) in [5.41, 5.74) is 0.489. The number of methoxy groups -OCH3 is 2. The van der Waals surface area contributed by atoms with Crippen LogP contribution >= 0.6 is 11.8 Å². The molecule has 0 bridgehead atoms. The second kappa shape index (κ2) is 8.92. The molecule has 2 rings (SSSR count). The van der Waals surface area contributed by atoms with Crippen LogP contribution in [0.25, 0.3) is 0 Å². The molecule has 0 saturated heterocycles. The van der Waals surface area contributed by atoms with Gasteiger partial charge in [-0.15, -0.1) is 11.8 Å². The van der Waals surface area contributed by atoms with E-state index in [4.69, 9.17) is 0 Å². The average molecular weight is 409 g/mol. The van der Waals surface area contributed by atoms with E-state index >= 15 is 0 Å². The number of hydrogen-bond acceptors (Lipinski definition) is 7. The first-order chi connectivity index (χ1) is 12.8. The van der Waals surface area contributed by atoms with Gasteiger partial charge in [-0.05, 0) is 54.8 Å². The van der Waals surface area contributed by atoms with Gasteiger partial charge in [0.1, 0.15) is 6.54 Å². The molecule has 0 N–H and O–H groups in total. The lowest BCUT2D eigenvalue weighted by atomic mass is 10.2. The molecule has 0 amide bonds. The smallest absolute Gasteiger partial charge is 0.337 e. The van der Waals surface area contributed by atoms with Crippen molar-refractivity contribution in [1.29, 1.82) is 0 Å². The minimum atomic E-state index is -4.02. The van der Waals surface area contributed by atoms with Gasteiger partial charge in [-0.25, -0.2) is 13.2 Å². The van der Waals surface area contributed by atoms with Crippen LogP contribution in [0.4, 0.5) is 5.69 Å². The first kappa shape index (κ1) is 20.8. The quantitative estimate of drug-likeness (QED) is 0.513. The number of nitrogens with zero attached hydrogens (tertiary/aromatic N) is 1. The van der Waals surface area contributed by atoms with Gasteiger partial charge in [0.05, 0.1) is 30.4 Å². The zero-order valence-electron chi connectivity index (χ0n) is 15.0. The third kappa shape index (κ3) is 4.81. The van der Waals surface area contributed by atoms with Gasteiger partial charge in [0.2, 0.25) is 0 Å². The molecule has 27 heavy (non-hydrogen) atoms. The predicted octanol–water partition coefficient (Wildman–Crippen LogP) is 2.56. The van der Waals surface area contributed by atoms with Crippen LogP contribution in [-0.2, 0) is 24.3 Å². The molecule has 0 aromatic heterocycles. The Labute approximate surface area is 162 Å². The summed E-state index contributed by atoms with van der Waals surface area (Å²) in [6.07, 6.45) is 1.88. The van der Waals surface area contributed by atoms with E-state index in [9.17, 15) is 18.0 Å². The fourth-order valence-electron chi connectivity index (χ4n) is 2.25. The molecule has 0 fully saturated rings. The molecular weight excluding hydrogens is 390 g/mol. The van der Waals surface area contributed by atoms with Crippen molar-refractivity contribution in [3.63, 3.8) is 0 Å². The van der Waals surface area contributed by atoms with Gasteiger partial charge in [-0.3, -0.25) is 9.10 Å². The van der Waals surface area contributed by atoms with Crippen LogP contribution in [0.5, 0.6) is 0 Å². The van der Waals surface area contributed by atoms with Gasteiger partial charge < -0.3 is 9.47 Å². The molecule has 2 aromatic rings. The number of sulfonamides is 1. The zero-order chi connectivity index (χ0) is 20.0. The summed E-state index contributed by atoms with van der Waals surface area (Å²) in [6, 6.07) is 12.1. The van der Waals surface area contributed by atoms with Crippen molar-refractivity contribution >= 4 is 39.4 Å². The summed E-state index contributed by atoms with van der Waals surface area (Å²) in [7, 11) is -1.58. The van der Waals surface area contributed by atoms with E-state index in [-0.39, 0.29) is 16.1 Å². The molecule has 0 aliphatic carbocycles. The van der Waals surface area contributed by atoms with Crippen molar-refractivity contribution in [2.45, 2.75) is 9.79 Å². The van der Waals surface area contributed by atoms with Crippen molar-refractivity contribution in [2.24, 2.45) is 0 Å². The highest BCUT2D eigenvalue weighted by molar-refractivity contribution is 7.98. The van der Waals surface area contributed by atoms with Gasteiger partial charge in [0.25, 0.3) is 10.0 Å². The van der Waals surface area contributed by atoms with Crippen LogP contribution in [0.2, 0.25) is 0 Å². The number of carbonyl (C=O) groups is 2. The standard InChI is InChI=1S/C18H19NO6S2/c1-24-17(20)12-19(14-6-4-13(5-7-14)18(21)25-2)27(22,23)16-10-8-15(26-3)9-11-16/h4-11H,12H2,1-3H3. The lowest BCUT2D eigenvalue weighted by Gasteiger charge is -2.23. The zero-order valence-corrected chi connectivity index (χ0v) is 16.7. The van der Waals surface area contributed by atoms with E-state index in [2.05, 4.69) is 9.47 Å². The van der Waals surface area contributed by atoms with Gasteiger partial charge in [-0.1, -0.05) is 0 Å². The Kier molecular flexibility index (Phi) is 6.86. The molecule has 0 radical (unpaired) electrons. The molecule has 0 spiro atoms. The van der Waals surface area contributed by atoms with Crippen LogP contribution in [0.15, 0.2) is 58.3 Å². The van der Waals surface area contributed by atoms with Crippen molar-refractivity contribution < 1.29 is 27.5 Å². The minimum absolute atomic E-state index is 0.0428. The predicted molar refractivity (Wildman–Crippen MR) is 103 cm³/mol. The first-order valence-corrected chi connectivity index (χ1v) is 10.4. The molecule has 0 aliphatic rings. The van der Waals surface area contributed by atoms with Gasteiger partial charge in [0.15, 0.2) is 0 Å². The molecule has 0 aliphatic heterocycles. The van der Waals surface area contributed by atoms with E-state index in [0.29, 0.717) is 0 Å². The summed E-state index contributed by atoms with van der Waals surface area (Å²) in [4.78, 5) is 24.3. The lowest BCUT2D eigenvalue weighted by Crippen LogP contribution is -2.36. The first-order valence-electron chi connectivity index (χ1n) is 7.75. The van der Waals surface area contributed by atoms with Crippen LogP contribution < -0.4 is 4.31 Å². The molecule has 144 valence electrons. The Morgan fingerprint density at radius 1 is 0.963 bits per heavy atom. The number of hydrogen-bond donors (Lipinski definition) is 0. The van der Waals surface area contributed by atoms with Gasteiger partial charge >= 0.3 is 11.9 Å². The summed E-state index contributed by atoms with van der Waals surface area (Å²) >= 11 is 1.49. The molecule has 2 aromatic carbocycles. The van der Waals surface area contributed by atoms with Crippen molar-refractivity contribution in [2.75, 3.05) is 31.3 Å². The number of esters is 2. The summed E-state index contributed by atoms with van der Waals surface area (Å²) in [6.45, 7) is -0.499. The molecule has 0 heterocycles. The summed E-state index contributed by atoms with van der Waals surface area (Å²) < 4.78 is 36.4.